The second kappa shape index (κ2) is 5.83. The van der Waals surface area contributed by atoms with Gasteiger partial charge in [0, 0.05) is 19.1 Å². The van der Waals surface area contributed by atoms with Gasteiger partial charge in [0.1, 0.15) is 5.75 Å². The van der Waals surface area contributed by atoms with E-state index in [0.717, 1.165) is 24.9 Å². The predicted octanol–water partition coefficient (Wildman–Crippen LogP) is 1.88. The van der Waals surface area contributed by atoms with Gasteiger partial charge in [0.15, 0.2) is 0 Å². The molecular formula is C16H24N2O2. The van der Waals surface area contributed by atoms with Crippen LogP contribution in [0, 0.1) is 0 Å². The van der Waals surface area contributed by atoms with Crippen LogP contribution in [0.3, 0.4) is 0 Å². The Bertz CT molecular complexity index is 481. The molecule has 4 heteroatoms. The molecule has 1 N–H and O–H groups in total. The summed E-state index contributed by atoms with van der Waals surface area (Å²) in [5.74, 6) is 0.311. The molecule has 1 aliphatic rings. The molecule has 1 aliphatic carbocycles. The number of hydrogen-bond donors (Lipinski definition) is 1. The number of amides is 1. The number of aromatic hydroxyl groups is 1. The van der Waals surface area contributed by atoms with Crippen molar-refractivity contribution in [3.8, 4) is 5.75 Å². The van der Waals surface area contributed by atoms with Crippen molar-refractivity contribution in [1.82, 2.24) is 9.80 Å². The van der Waals surface area contributed by atoms with Gasteiger partial charge in [0.2, 0.25) is 5.91 Å². The highest BCUT2D eigenvalue weighted by atomic mass is 16.3. The van der Waals surface area contributed by atoms with Crippen LogP contribution >= 0.6 is 0 Å². The fourth-order valence-corrected chi connectivity index (χ4v) is 2.84. The molecule has 1 saturated carbocycles. The van der Waals surface area contributed by atoms with E-state index in [1.807, 2.05) is 18.0 Å². The topological polar surface area (TPSA) is 43.8 Å². The molecule has 0 aromatic heterocycles. The summed E-state index contributed by atoms with van der Waals surface area (Å²) in [4.78, 5) is 16.4. The number of carbonyl (C=O) groups excluding carboxylic acids is 1. The highest BCUT2D eigenvalue weighted by molar-refractivity contribution is 5.78. The van der Waals surface area contributed by atoms with Crippen molar-refractivity contribution in [2.24, 2.45) is 0 Å². The summed E-state index contributed by atoms with van der Waals surface area (Å²) in [5.41, 5.74) is 1.01. The molecule has 0 atom stereocenters. The fourth-order valence-electron chi connectivity index (χ4n) is 2.84. The molecule has 0 heterocycles. The van der Waals surface area contributed by atoms with E-state index < -0.39 is 0 Å². The van der Waals surface area contributed by atoms with Gasteiger partial charge in [-0.1, -0.05) is 12.1 Å². The Kier molecular flexibility index (Phi) is 4.33. The molecule has 0 spiro atoms. The number of rotatable bonds is 5. The molecule has 0 unspecified atom stereocenters. The van der Waals surface area contributed by atoms with Crippen molar-refractivity contribution in [2.75, 3.05) is 27.7 Å². The summed E-state index contributed by atoms with van der Waals surface area (Å²) in [6, 6.07) is 6.91. The van der Waals surface area contributed by atoms with E-state index >= 15 is 0 Å². The molecule has 0 radical (unpaired) electrons. The van der Waals surface area contributed by atoms with E-state index in [4.69, 9.17) is 0 Å². The molecule has 1 aromatic rings. The summed E-state index contributed by atoms with van der Waals surface area (Å²) in [7, 11) is 6.05. The molecule has 2 rings (SSSR count). The number of benzene rings is 1. The molecule has 1 fully saturated rings. The molecule has 1 aromatic carbocycles. The molecule has 4 nitrogen and oxygen atoms in total. The Labute approximate surface area is 121 Å². The Morgan fingerprint density at radius 2 is 2.00 bits per heavy atom. The van der Waals surface area contributed by atoms with E-state index in [9.17, 15) is 9.90 Å². The number of phenolic OH excluding ortho intramolecular Hbond substituents is 1. The molecule has 1 amide bonds. The minimum absolute atomic E-state index is 0.101. The van der Waals surface area contributed by atoms with E-state index in [-0.39, 0.29) is 17.2 Å². The van der Waals surface area contributed by atoms with Crippen molar-refractivity contribution < 1.29 is 9.90 Å². The van der Waals surface area contributed by atoms with Crippen LogP contribution in [-0.4, -0.2) is 54.0 Å². The maximum Gasteiger partial charge on any atom is 0.226 e. The van der Waals surface area contributed by atoms with Crippen LogP contribution in [-0.2, 0) is 11.2 Å². The highest BCUT2D eigenvalue weighted by Gasteiger charge is 2.40. The standard InChI is InChI=1S/C16H24N2O2/c1-17(2)16(8-5-9-16)12-18(3)15(20)11-13-6-4-7-14(19)10-13/h4,6-7,10,19H,5,8-9,11-12H2,1-3H3. The molecule has 110 valence electrons. The van der Waals surface area contributed by atoms with Crippen LogP contribution in [0.15, 0.2) is 24.3 Å². The van der Waals surface area contributed by atoms with Crippen molar-refractivity contribution in [2.45, 2.75) is 31.2 Å². The lowest BCUT2D eigenvalue weighted by Gasteiger charge is -2.49. The molecular weight excluding hydrogens is 252 g/mol. The van der Waals surface area contributed by atoms with Crippen LogP contribution in [0.5, 0.6) is 5.75 Å². The number of carbonyl (C=O) groups is 1. The second-order valence-corrected chi connectivity index (χ2v) is 6.07. The molecule has 0 aliphatic heterocycles. The second-order valence-electron chi connectivity index (χ2n) is 6.07. The SMILES string of the molecule is CN(CC1(N(C)C)CCC1)C(=O)Cc1cccc(O)c1. The minimum atomic E-state index is 0.101. The lowest BCUT2D eigenvalue weighted by Crippen LogP contribution is -2.57. The highest BCUT2D eigenvalue weighted by Crippen LogP contribution is 2.36. The lowest BCUT2D eigenvalue weighted by atomic mass is 9.75. The zero-order valence-electron chi connectivity index (χ0n) is 12.6. The number of nitrogens with zero attached hydrogens (tertiary/aromatic N) is 2. The van der Waals surface area contributed by atoms with Gasteiger partial charge in [-0.05, 0) is 51.1 Å². The third-order valence-corrected chi connectivity index (χ3v) is 4.46. The van der Waals surface area contributed by atoms with Gasteiger partial charge in [0.05, 0.1) is 6.42 Å². The van der Waals surface area contributed by atoms with Gasteiger partial charge < -0.3 is 14.9 Å². The van der Waals surface area contributed by atoms with Gasteiger partial charge in [-0.25, -0.2) is 0 Å². The van der Waals surface area contributed by atoms with Gasteiger partial charge in [-0.3, -0.25) is 4.79 Å². The first-order valence-corrected chi connectivity index (χ1v) is 7.12. The van der Waals surface area contributed by atoms with Crippen molar-refractivity contribution in [3.63, 3.8) is 0 Å². The summed E-state index contributed by atoms with van der Waals surface area (Å²) in [5, 5.41) is 9.44. The first-order chi connectivity index (χ1) is 9.43. The quantitative estimate of drug-likeness (QED) is 0.893. The van der Waals surface area contributed by atoms with Crippen molar-refractivity contribution in [1.29, 1.82) is 0 Å². The molecule has 20 heavy (non-hydrogen) atoms. The smallest absolute Gasteiger partial charge is 0.226 e. The largest absolute Gasteiger partial charge is 0.508 e. The normalized spacial score (nSPS) is 16.8. The van der Waals surface area contributed by atoms with E-state index in [1.54, 1.807) is 18.2 Å². The predicted molar refractivity (Wildman–Crippen MR) is 79.7 cm³/mol. The van der Waals surface area contributed by atoms with E-state index in [1.165, 1.54) is 6.42 Å². The average molecular weight is 276 g/mol. The third kappa shape index (κ3) is 3.12. The van der Waals surface area contributed by atoms with E-state index in [2.05, 4.69) is 19.0 Å². The first-order valence-electron chi connectivity index (χ1n) is 7.12. The van der Waals surface area contributed by atoms with Gasteiger partial charge in [-0.2, -0.15) is 0 Å². The number of likely N-dealkylation sites (N-methyl/N-ethyl adjacent to an activating group) is 2. The Balaban J connectivity index is 1.95. The van der Waals surface area contributed by atoms with Crippen LogP contribution in [0.4, 0.5) is 0 Å². The summed E-state index contributed by atoms with van der Waals surface area (Å²) in [6.07, 6.45) is 3.90. The number of phenols is 1. The lowest BCUT2D eigenvalue weighted by molar-refractivity contribution is -0.131. The van der Waals surface area contributed by atoms with Crippen LogP contribution in [0.2, 0.25) is 0 Å². The summed E-state index contributed by atoms with van der Waals surface area (Å²) < 4.78 is 0. The maximum atomic E-state index is 12.3. The fraction of sp³-hybridized carbons (Fsp3) is 0.562. The zero-order valence-corrected chi connectivity index (χ0v) is 12.6. The Morgan fingerprint density at radius 3 is 2.50 bits per heavy atom. The molecule has 0 bridgehead atoms. The van der Waals surface area contributed by atoms with Crippen molar-refractivity contribution in [3.05, 3.63) is 29.8 Å². The van der Waals surface area contributed by atoms with E-state index in [0.29, 0.717) is 6.42 Å². The van der Waals surface area contributed by atoms with Crippen molar-refractivity contribution >= 4 is 5.91 Å². The van der Waals surface area contributed by atoms with Crippen LogP contribution in [0.1, 0.15) is 24.8 Å². The maximum absolute atomic E-state index is 12.3. The minimum Gasteiger partial charge on any atom is -0.508 e. The van der Waals surface area contributed by atoms with Crippen LogP contribution in [0.25, 0.3) is 0 Å². The zero-order chi connectivity index (χ0) is 14.8. The third-order valence-electron chi connectivity index (χ3n) is 4.46. The summed E-state index contributed by atoms with van der Waals surface area (Å²) in [6.45, 7) is 0.775. The van der Waals surface area contributed by atoms with Gasteiger partial charge in [-0.15, -0.1) is 0 Å². The molecule has 0 saturated heterocycles. The monoisotopic (exact) mass is 276 g/mol. The first kappa shape index (κ1) is 14.9. The summed E-state index contributed by atoms with van der Waals surface area (Å²) >= 11 is 0. The van der Waals surface area contributed by atoms with Gasteiger partial charge >= 0.3 is 0 Å². The van der Waals surface area contributed by atoms with Crippen LogP contribution < -0.4 is 0 Å². The Hall–Kier alpha value is -1.55. The average Bonchev–Trinajstić information content (AvgIpc) is 2.32. The number of hydrogen-bond acceptors (Lipinski definition) is 3. The Morgan fingerprint density at radius 1 is 1.30 bits per heavy atom. The van der Waals surface area contributed by atoms with Gasteiger partial charge in [0.25, 0.3) is 0 Å².